The van der Waals surface area contributed by atoms with Gasteiger partial charge in [-0.3, -0.25) is 4.99 Å². The summed E-state index contributed by atoms with van der Waals surface area (Å²) in [6.45, 7) is 9.37. The van der Waals surface area contributed by atoms with Gasteiger partial charge in [-0.15, -0.1) is 0 Å². The average Bonchev–Trinajstić information content (AvgIpc) is 2.45. The third-order valence-corrected chi connectivity index (χ3v) is 6.10. The lowest BCUT2D eigenvalue weighted by Crippen LogP contribution is -2.56. The predicted octanol–water partition coefficient (Wildman–Crippen LogP) is 4.49. The lowest BCUT2D eigenvalue weighted by atomic mass is 9.45. The molecule has 3 aliphatic carbocycles. The summed E-state index contributed by atoms with van der Waals surface area (Å²) in [6, 6.07) is 6.74. The molecule has 3 fully saturated rings. The molecular weight excluding hydrogens is 258 g/mol. The summed E-state index contributed by atoms with van der Waals surface area (Å²) in [5.41, 5.74) is 2.88. The first-order valence-corrected chi connectivity index (χ1v) is 8.11. The topological polar surface area (TPSA) is 21.6 Å². The van der Waals surface area contributed by atoms with Crippen molar-refractivity contribution in [1.29, 1.82) is 0 Å². The zero-order chi connectivity index (χ0) is 15.2. The van der Waals surface area contributed by atoms with E-state index in [0.29, 0.717) is 17.4 Å². The zero-order valence-corrected chi connectivity index (χ0v) is 13.9. The Labute approximate surface area is 128 Å². The second-order valence-corrected chi connectivity index (χ2v) is 7.55. The van der Waals surface area contributed by atoms with Crippen molar-refractivity contribution < 1.29 is 4.74 Å². The van der Waals surface area contributed by atoms with Gasteiger partial charge in [-0.1, -0.05) is 32.4 Å². The SMILES string of the molecule is COc1ccc(C)cc1C=N[C@@H]1C[C@@H]2C[C@H]([C@H]1C)C2(C)C. The Bertz CT molecular complexity index is 561. The molecule has 0 heterocycles. The fraction of sp³-hybridized carbons (Fsp3) is 0.632. The maximum Gasteiger partial charge on any atom is 0.127 e. The molecule has 2 bridgehead atoms. The molecule has 0 saturated heterocycles. The van der Waals surface area contributed by atoms with Crippen LogP contribution in [0.3, 0.4) is 0 Å². The minimum atomic E-state index is 0.479. The van der Waals surface area contributed by atoms with Crippen molar-refractivity contribution in [2.75, 3.05) is 7.11 Å². The molecule has 1 aromatic carbocycles. The Balaban J connectivity index is 1.77. The minimum absolute atomic E-state index is 0.479. The van der Waals surface area contributed by atoms with Crippen LogP contribution >= 0.6 is 0 Å². The third-order valence-electron chi connectivity index (χ3n) is 6.10. The number of methoxy groups -OCH3 is 1. The van der Waals surface area contributed by atoms with Gasteiger partial charge in [0.05, 0.1) is 13.2 Å². The van der Waals surface area contributed by atoms with Crippen molar-refractivity contribution in [3.8, 4) is 5.75 Å². The van der Waals surface area contributed by atoms with E-state index in [0.717, 1.165) is 23.1 Å². The van der Waals surface area contributed by atoms with Gasteiger partial charge in [0, 0.05) is 11.8 Å². The molecule has 0 radical (unpaired) electrons. The monoisotopic (exact) mass is 285 g/mol. The van der Waals surface area contributed by atoms with E-state index in [1.165, 1.54) is 18.4 Å². The number of ether oxygens (including phenoxy) is 1. The van der Waals surface area contributed by atoms with Crippen LogP contribution < -0.4 is 4.74 Å². The fourth-order valence-electron chi connectivity index (χ4n) is 4.45. The first-order valence-electron chi connectivity index (χ1n) is 8.11. The number of aryl methyl sites for hydroxylation is 1. The summed E-state index contributed by atoms with van der Waals surface area (Å²) in [7, 11) is 1.73. The molecule has 0 aliphatic heterocycles. The van der Waals surface area contributed by atoms with Crippen molar-refractivity contribution >= 4 is 6.21 Å². The van der Waals surface area contributed by atoms with Gasteiger partial charge in [0.2, 0.25) is 0 Å². The summed E-state index contributed by atoms with van der Waals surface area (Å²) >= 11 is 0. The second kappa shape index (κ2) is 5.15. The number of hydrogen-bond donors (Lipinski definition) is 0. The molecule has 21 heavy (non-hydrogen) atoms. The van der Waals surface area contributed by atoms with Crippen LogP contribution in [0.2, 0.25) is 0 Å². The molecule has 4 rings (SSSR count). The molecule has 4 atom stereocenters. The van der Waals surface area contributed by atoms with E-state index in [1.54, 1.807) is 7.11 Å². The Kier molecular flexibility index (Phi) is 3.59. The molecule has 0 amide bonds. The molecule has 2 nitrogen and oxygen atoms in total. The lowest BCUT2D eigenvalue weighted by molar-refractivity contribution is -0.108. The minimum Gasteiger partial charge on any atom is -0.496 e. The van der Waals surface area contributed by atoms with E-state index in [-0.39, 0.29) is 0 Å². The number of fused-ring (bicyclic) bond motifs is 2. The molecule has 0 unspecified atom stereocenters. The van der Waals surface area contributed by atoms with Crippen molar-refractivity contribution in [2.24, 2.45) is 28.2 Å². The Morgan fingerprint density at radius 1 is 1.29 bits per heavy atom. The van der Waals surface area contributed by atoms with Crippen LogP contribution in [0.1, 0.15) is 44.7 Å². The zero-order valence-electron chi connectivity index (χ0n) is 13.9. The highest BCUT2D eigenvalue weighted by Gasteiger charge is 2.56. The summed E-state index contributed by atoms with van der Waals surface area (Å²) in [5, 5.41) is 0. The third kappa shape index (κ3) is 2.39. The van der Waals surface area contributed by atoms with Crippen LogP contribution in [-0.4, -0.2) is 19.4 Å². The van der Waals surface area contributed by atoms with E-state index in [1.807, 2.05) is 12.3 Å². The maximum atomic E-state index is 5.44. The molecule has 114 valence electrons. The Morgan fingerprint density at radius 3 is 2.67 bits per heavy atom. The number of hydrogen-bond acceptors (Lipinski definition) is 2. The molecule has 3 aliphatic rings. The smallest absolute Gasteiger partial charge is 0.127 e. The van der Waals surface area contributed by atoms with Gasteiger partial charge >= 0.3 is 0 Å². The summed E-state index contributed by atoms with van der Waals surface area (Å²) in [4.78, 5) is 4.93. The van der Waals surface area contributed by atoms with E-state index < -0.39 is 0 Å². The van der Waals surface area contributed by atoms with E-state index >= 15 is 0 Å². The number of aliphatic imine (C=N–C) groups is 1. The van der Waals surface area contributed by atoms with Gasteiger partial charge in [0.1, 0.15) is 5.75 Å². The van der Waals surface area contributed by atoms with Crippen molar-refractivity contribution in [2.45, 2.75) is 46.6 Å². The van der Waals surface area contributed by atoms with Crippen LogP contribution in [-0.2, 0) is 0 Å². The normalized spacial score (nSPS) is 33.8. The van der Waals surface area contributed by atoms with Crippen molar-refractivity contribution in [1.82, 2.24) is 0 Å². The summed E-state index contributed by atoms with van der Waals surface area (Å²) in [5.74, 6) is 3.31. The van der Waals surface area contributed by atoms with E-state index in [2.05, 4.69) is 39.8 Å². The Morgan fingerprint density at radius 2 is 2.05 bits per heavy atom. The molecule has 3 saturated carbocycles. The fourth-order valence-corrected chi connectivity index (χ4v) is 4.45. The first-order chi connectivity index (χ1) is 9.93. The Hall–Kier alpha value is -1.31. The highest BCUT2D eigenvalue weighted by atomic mass is 16.5. The van der Waals surface area contributed by atoms with Crippen LogP contribution in [0.4, 0.5) is 0 Å². The van der Waals surface area contributed by atoms with Crippen LogP contribution in [0, 0.1) is 30.1 Å². The first kappa shape index (κ1) is 14.6. The van der Waals surface area contributed by atoms with Gasteiger partial charge in [-0.2, -0.15) is 0 Å². The summed E-state index contributed by atoms with van der Waals surface area (Å²) in [6.07, 6.45) is 4.69. The molecule has 0 aromatic heterocycles. The molecule has 0 N–H and O–H groups in total. The molecular formula is C19H27NO. The summed E-state index contributed by atoms with van der Waals surface area (Å²) < 4.78 is 5.44. The number of rotatable bonds is 3. The standard InChI is InChI=1S/C19H27NO/c1-12-6-7-18(21-5)14(8-12)11-20-17-10-15-9-16(13(17)2)19(15,3)4/h6-8,11,13,15-17H,9-10H2,1-5H3/t13-,15+,16-,17-/m1/s1. The van der Waals surface area contributed by atoms with E-state index in [4.69, 9.17) is 9.73 Å². The van der Waals surface area contributed by atoms with Gasteiger partial charge in [-0.25, -0.2) is 0 Å². The van der Waals surface area contributed by atoms with Gasteiger partial charge in [0.15, 0.2) is 0 Å². The van der Waals surface area contributed by atoms with Crippen LogP contribution in [0.5, 0.6) is 5.75 Å². The van der Waals surface area contributed by atoms with Crippen LogP contribution in [0.25, 0.3) is 0 Å². The maximum absolute atomic E-state index is 5.44. The van der Waals surface area contributed by atoms with Crippen LogP contribution in [0.15, 0.2) is 23.2 Å². The predicted molar refractivity (Wildman–Crippen MR) is 88.3 cm³/mol. The largest absolute Gasteiger partial charge is 0.496 e. The van der Waals surface area contributed by atoms with E-state index in [9.17, 15) is 0 Å². The molecule has 0 spiro atoms. The van der Waals surface area contributed by atoms with Gasteiger partial charge < -0.3 is 4.74 Å². The van der Waals surface area contributed by atoms with Crippen molar-refractivity contribution in [3.63, 3.8) is 0 Å². The number of nitrogens with zero attached hydrogens (tertiary/aromatic N) is 1. The highest BCUT2D eigenvalue weighted by molar-refractivity contribution is 5.84. The van der Waals surface area contributed by atoms with Crippen molar-refractivity contribution in [3.05, 3.63) is 29.3 Å². The molecule has 2 heteroatoms. The quantitative estimate of drug-likeness (QED) is 0.750. The molecule has 1 aromatic rings. The van der Waals surface area contributed by atoms with Gasteiger partial charge in [0.25, 0.3) is 0 Å². The van der Waals surface area contributed by atoms with Gasteiger partial charge in [-0.05, 0) is 55.1 Å². The second-order valence-electron chi connectivity index (χ2n) is 7.55. The number of benzene rings is 1. The highest BCUT2D eigenvalue weighted by Crippen LogP contribution is 2.61. The average molecular weight is 285 g/mol. The lowest BCUT2D eigenvalue weighted by Gasteiger charge is -2.61.